The van der Waals surface area contributed by atoms with E-state index >= 15 is 0 Å². The first-order valence-electron chi connectivity index (χ1n) is 11.0. The Hall–Kier alpha value is -2.99. The summed E-state index contributed by atoms with van der Waals surface area (Å²) in [4.78, 5) is 26.8. The average Bonchev–Trinajstić information content (AvgIpc) is 2.80. The van der Waals surface area contributed by atoms with Crippen LogP contribution in [0.2, 0.25) is 0 Å². The Morgan fingerprint density at radius 1 is 1.03 bits per heavy atom. The van der Waals surface area contributed by atoms with Gasteiger partial charge in [0.2, 0.25) is 0 Å². The van der Waals surface area contributed by atoms with Crippen molar-refractivity contribution in [1.29, 1.82) is 0 Å². The second-order valence-corrected chi connectivity index (χ2v) is 8.39. The van der Waals surface area contributed by atoms with Crippen LogP contribution in [0.15, 0.2) is 42.5 Å². The third kappa shape index (κ3) is 6.67. The number of para-hydroxylation sites is 1. The highest BCUT2D eigenvalue weighted by Gasteiger charge is 2.44. The Bertz CT molecular complexity index is 1090. The third-order valence-corrected chi connectivity index (χ3v) is 5.96. The van der Waals surface area contributed by atoms with E-state index in [0.29, 0.717) is 28.3 Å². The van der Waals surface area contributed by atoms with Gasteiger partial charge < -0.3 is 21.9 Å². The van der Waals surface area contributed by atoms with Crippen LogP contribution in [0.3, 0.4) is 0 Å². The molecule has 1 aliphatic heterocycles. The lowest BCUT2D eigenvalue weighted by atomic mass is 9.90. The molecular weight excluding hydrogens is 530 g/mol. The molecule has 37 heavy (non-hydrogen) atoms. The van der Waals surface area contributed by atoms with Crippen molar-refractivity contribution in [2.45, 2.75) is 51.2 Å². The molecule has 0 radical (unpaired) electrons. The van der Waals surface area contributed by atoms with Gasteiger partial charge in [-0.15, -0.1) is 0 Å². The van der Waals surface area contributed by atoms with Gasteiger partial charge in [0.1, 0.15) is 11.7 Å². The van der Waals surface area contributed by atoms with E-state index in [9.17, 15) is 35.9 Å². The summed E-state index contributed by atoms with van der Waals surface area (Å²) < 4.78 is 90.2. The Kier molecular flexibility index (Phi) is 9.48. The molecule has 0 bridgehead atoms. The molecular formula is C24H25ClF6N2O4. The van der Waals surface area contributed by atoms with Crippen LogP contribution in [0.25, 0.3) is 0 Å². The molecule has 2 aromatic rings. The average molecular weight is 555 g/mol. The molecule has 1 heterocycles. The van der Waals surface area contributed by atoms with Gasteiger partial charge >= 0.3 is 24.5 Å². The molecule has 3 atom stereocenters. The molecule has 0 aliphatic carbocycles. The minimum absolute atomic E-state index is 0. The zero-order chi connectivity index (χ0) is 26.8. The lowest BCUT2D eigenvalue weighted by Crippen LogP contribution is -3.14. The molecule has 0 spiro atoms. The number of alkyl halides is 6. The quantitative estimate of drug-likeness (QED) is 0.590. The fourth-order valence-corrected chi connectivity index (χ4v) is 4.42. The van der Waals surface area contributed by atoms with Crippen molar-refractivity contribution in [3.8, 4) is 0 Å². The van der Waals surface area contributed by atoms with Crippen molar-refractivity contribution < 1.29 is 62.7 Å². The van der Waals surface area contributed by atoms with E-state index in [1.807, 2.05) is 0 Å². The Labute approximate surface area is 215 Å². The van der Waals surface area contributed by atoms with Crippen LogP contribution in [-0.2, 0) is 28.4 Å². The van der Waals surface area contributed by atoms with Gasteiger partial charge in [-0.2, -0.15) is 36.0 Å². The van der Waals surface area contributed by atoms with Gasteiger partial charge in [0, 0.05) is 24.6 Å². The number of ether oxygens (including phenoxy) is 2. The smallest absolute Gasteiger partial charge is 0.519 e. The van der Waals surface area contributed by atoms with Crippen molar-refractivity contribution in [1.82, 2.24) is 4.90 Å². The molecule has 1 unspecified atom stereocenters. The van der Waals surface area contributed by atoms with Crippen LogP contribution in [-0.4, -0.2) is 36.8 Å². The zero-order valence-electron chi connectivity index (χ0n) is 20.0. The number of nitrogens with zero attached hydrogens (tertiary/aromatic N) is 1. The first kappa shape index (κ1) is 30.2. The molecule has 0 saturated carbocycles. The predicted octanol–water partition coefficient (Wildman–Crippen LogP) is 2.50. The number of hydrogen-bond donors (Lipinski definition) is 1. The Morgan fingerprint density at radius 2 is 1.59 bits per heavy atom. The van der Waals surface area contributed by atoms with E-state index in [1.54, 1.807) is 38.1 Å². The summed E-state index contributed by atoms with van der Waals surface area (Å²) in [6, 6.07) is 6.63. The highest BCUT2D eigenvalue weighted by molar-refractivity contribution is 5.70. The highest BCUT2D eigenvalue weighted by Crippen LogP contribution is 2.38. The van der Waals surface area contributed by atoms with Gasteiger partial charge in [-0.3, -0.25) is 4.90 Å². The molecule has 0 aromatic heterocycles. The van der Waals surface area contributed by atoms with E-state index in [0.717, 1.165) is 12.0 Å². The number of hydrogen-bond acceptors (Lipinski definition) is 4. The van der Waals surface area contributed by atoms with Crippen LogP contribution >= 0.6 is 0 Å². The van der Waals surface area contributed by atoms with Crippen molar-refractivity contribution in [3.63, 3.8) is 0 Å². The molecule has 2 amide bonds. The van der Waals surface area contributed by atoms with Crippen molar-refractivity contribution >= 4 is 17.9 Å². The number of fused-ring (bicyclic) bond motifs is 1. The maximum atomic E-state index is 13.4. The molecule has 1 aliphatic rings. The highest BCUT2D eigenvalue weighted by atomic mass is 35.5. The summed E-state index contributed by atoms with van der Waals surface area (Å²) in [6.45, 7) is 2.95. The number of halogens is 7. The summed E-state index contributed by atoms with van der Waals surface area (Å²) in [5.41, 5.74) is -2.33. The normalized spacial score (nSPS) is 19.3. The Morgan fingerprint density at radius 3 is 2.11 bits per heavy atom. The standard InChI is InChI=1S/C24H24F6N2O4.ClH/c1-4-36-22(34)32-14(2)9-20(18-7-5-6-8-19(18)32)31(21(33)35-3)13-15-10-16(23(25,26)27)12-17(11-15)24(28,29)30;/h5-8,10-12,14,20H,4,9,13H2,1-3H3;1H/t14-,20+;/m1./s1. The van der Waals surface area contributed by atoms with Crippen molar-refractivity contribution in [2.24, 2.45) is 0 Å². The monoisotopic (exact) mass is 554 g/mol. The molecule has 1 N–H and O–H groups in total. The van der Waals surface area contributed by atoms with Crippen LogP contribution in [0, 0.1) is 0 Å². The second-order valence-electron chi connectivity index (χ2n) is 8.39. The number of carbonyl (C=O) groups excluding carboxylic acids is 2. The van der Waals surface area contributed by atoms with Gasteiger partial charge in [-0.05, 0) is 37.6 Å². The number of alkyl carbamates (subject to hydrolysis) is 1. The molecule has 0 fully saturated rings. The van der Waals surface area contributed by atoms with E-state index in [1.165, 1.54) is 0 Å². The number of nitrogens with one attached hydrogen (secondary N) is 1. The number of amides is 2. The van der Waals surface area contributed by atoms with E-state index in [2.05, 4.69) is 0 Å². The maximum absolute atomic E-state index is 13.4. The summed E-state index contributed by atoms with van der Waals surface area (Å²) in [5.74, 6) is 0. The lowest BCUT2D eigenvalue weighted by Gasteiger charge is -2.38. The van der Waals surface area contributed by atoms with Crippen LogP contribution in [0.4, 0.5) is 41.6 Å². The third-order valence-electron chi connectivity index (χ3n) is 5.96. The Balaban J connectivity index is 0.00000481. The van der Waals surface area contributed by atoms with E-state index in [4.69, 9.17) is 9.47 Å². The van der Waals surface area contributed by atoms with Crippen molar-refractivity contribution in [2.75, 3.05) is 13.7 Å². The van der Waals surface area contributed by atoms with Gasteiger partial charge in [-0.25, -0.2) is 4.79 Å². The van der Waals surface area contributed by atoms with Gasteiger partial charge in [0.05, 0.1) is 30.9 Å². The maximum Gasteiger partial charge on any atom is 0.519 e. The fourth-order valence-electron chi connectivity index (χ4n) is 4.42. The largest absolute Gasteiger partial charge is 1.00 e. The van der Waals surface area contributed by atoms with Crippen molar-refractivity contribution in [3.05, 3.63) is 64.7 Å². The van der Waals surface area contributed by atoms with Crippen LogP contribution in [0.1, 0.15) is 48.6 Å². The van der Waals surface area contributed by atoms with E-state index in [-0.39, 0.29) is 37.1 Å². The predicted molar refractivity (Wildman–Crippen MR) is 115 cm³/mol. The number of benzene rings is 2. The number of carbonyl (C=O) groups is 2. The number of rotatable bonds is 4. The fraction of sp³-hybridized carbons (Fsp3) is 0.417. The minimum Gasteiger partial charge on any atom is -1.00 e. The minimum atomic E-state index is -5.03. The second kappa shape index (κ2) is 11.6. The SMILES string of the molecule is CCOC(=O)[NH+]1c2ccccc2[C@@H](N(Cc2cc(C(F)(F)F)cc(C(F)(F)F)c2)C(=O)OC)C[C@H]1C.[Cl-]. The summed E-state index contributed by atoms with van der Waals surface area (Å²) in [7, 11) is 1.07. The number of quaternary nitrogens is 1. The summed E-state index contributed by atoms with van der Waals surface area (Å²) in [6.07, 6.45) is -11.4. The first-order valence-corrected chi connectivity index (χ1v) is 11.0. The van der Waals surface area contributed by atoms with Crippen LogP contribution in [0.5, 0.6) is 0 Å². The topological polar surface area (TPSA) is 60.3 Å². The van der Waals surface area contributed by atoms with E-state index < -0.39 is 54.3 Å². The summed E-state index contributed by atoms with van der Waals surface area (Å²) in [5, 5.41) is 0. The van der Waals surface area contributed by atoms with Gasteiger partial charge in [0.15, 0.2) is 0 Å². The molecule has 2 aromatic carbocycles. The van der Waals surface area contributed by atoms with Gasteiger partial charge in [-0.1, -0.05) is 18.2 Å². The molecule has 6 nitrogen and oxygen atoms in total. The molecule has 0 saturated heterocycles. The summed E-state index contributed by atoms with van der Waals surface area (Å²) >= 11 is 0. The molecule has 204 valence electrons. The zero-order valence-corrected chi connectivity index (χ0v) is 20.8. The first-order chi connectivity index (χ1) is 16.8. The number of methoxy groups -OCH3 is 1. The molecule has 13 heteroatoms. The lowest BCUT2D eigenvalue weighted by molar-refractivity contribution is -0.785. The molecule has 3 rings (SSSR count). The van der Waals surface area contributed by atoms with Gasteiger partial charge in [0.25, 0.3) is 0 Å². The van der Waals surface area contributed by atoms with Crippen LogP contribution < -0.4 is 17.3 Å².